The summed E-state index contributed by atoms with van der Waals surface area (Å²) in [6.07, 6.45) is 5.42. The highest BCUT2D eigenvalue weighted by Crippen LogP contribution is 2.25. The van der Waals surface area contributed by atoms with Crippen LogP contribution in [0.25, 0.3) is 0 Å². The van der Waals surface area contributed by atoms with E-state index in [9.17, 15) is 0 Å². The summed E-state index contributed by atoms with van der Waals surface area (Å²) < 4.78 is 5.70. The van der Waals surface area contributed by atoms with Crippen molar-refractivity contribution in [3.8, 4) is 0 Å². The highest BCUT2D eigenvalue weighted by atomic mass is 35.5. The van der Waals surface area contributed by atoms with Crippen molar-refractivity contribution in [3.05, 3.63) is 17.3 Å². The molecule has 0 spiro atoms. The summed E-state index contributed by atoms with van der Waals surface area (Å²) in [7, 11) is 1.97. The molecule has 1 saturated heterocycles. The Hall–Kier alpha value is -1.00. The standard InChI is InChI=1S/C12H18ClN3O/c1-16(8-10-4-2-3-5-17-10)12-11(13)6-9(14)7-15-12/h6-7,10H,2-5,8,14H2,1H3. The molecule has 0 amide bonds. The van der Waals surface area contributed by atoms with Crippen molar-refractivity contribution in [1.29, 1.82) is 0 Å². The van der Waals surface area contributed by atoms with Crippen molar-refractivity contribution in [2.75, 3.05) is 30.8 Å². The van der Waals surface area contributed by atoms with Crippen molar-refractivity contribution < 1.29 is 4.74 Å². The van der Waals surface area contributed by atoms with Gasteiger partial charge in [-0.15, -0.1) is 0 Å². The molecule has 4 nitrogen and oxygen atoms in total. The molecular formula is C12H18ClN3O. The zero-order chi connectivity index (χ0) is 12.3. The average molecular weight is 256 g/mol. The van der Waals surface area contributed by atoms with Gasteiger partial charge in [-0.2, -0.15) is 0 Å². The highest BCUT2D eigenvalue weighted by molar-refractivity contribution is 6.33. The molecule has 1 aromatic heterocycles. The molecule has 0 radical (unpaired) electrons. The number of rotatable bonds is 3. The van der Waals surface area contributed by atoms with Crippen molar-refractivity contribution in [3.63, 3.8) is 0 Å². The zero-order valence-corrected chi connectivity index (χ0v) is 10.8. The molecule has 0 aliphatic carbocycles. The first-order valence-corrected chi connectivity index (χ1v) is 6.28. The monoisotopic (exact) mass is 255 g/mol. The fraction of sp³-hybridized carbons (Fsp3) is 0.583. The number of ether oxygens (including phenoxy) is 1. The second-order valence-corrected chi connectivity index (χ2v) is 4.85. The second kappa shape index (κ2) is 5.56. The molecule has 2 heterocycles. The molecule has 1 aromatic rings. The van der Waals surface area contributed by atoms with Crippen molar-refractivity contribution in [1.82, 2.24) is 4.98 Å². The largest absolute Gasteiger partial charge is 0.397 e. The third-order valence-electron chi connectivity index (χ3n) is 2.96. The molecule has 2 N–H and O–H groups in total. The van der Waals surface area contributed by atoms with Crippen LogP contribution in [0.4, 0.5) is 11.5 Å². The second-order valence-electron chi connectivity index (χ2n) is 4.44. The quantitative estimate of drug-likeness (QED) is 0.901. The van der Waals surface area contributed by atoms with Gasteiger partial charge in [-0.25, -0.2) is 4.98 Å². The molecule has 0 bridgehead atoms. The van der Waals surface area contributed by atoms with Gasteiger partial charge in [0.15, 0.2) is 0 Å². The van der Waals surface area contributed by atoms with Crippen LogP contribution in [0.2, 0.25) is 5.02 Å². The molecule has 17 heavy (non-hydrogen) atoms. The van der Waals surface area contributed by atoms with Gasteiger partial charge in [0.25, 0.3) is 0 Å². The molecule has 1 fully saturated rings. The Morgan fingerprint density at radius 3 is 3.06 bits per heavy atom. The van der Waals surface area contributed by atoms with E-state index in [1.165, 1.54) is 12.8 Å². The molecule has 1 unspecified atom stereocenters. The fourth-order valence-corrected chi connectivity index (χ4v) is 2.39. The average Bonchev–Trinajstić information content (AvgIpc) is 2.30. The van der Waals surface area contributed by atoms with Crippen LogP contribution in [0, 0.1) is 0 Å². The molecule has 0 saturated carbocycles. The van der Waals surface area contributed by atoms with Crippen LogP contribution in [0.5, 0.6) is 0 Å². The predicted molar refractivity (Wildman–Crippen MR) is 70.5 cm³/mol. The van der Waals surface area contributed by atoms with Crippen molar-refractivity contribution in [2.24, 2.45) is 0 Å². The van der Waals surface area contributed by atoms with Gasteiger partial charge in [-0.3, -0.25) is 0 Å². The van der Waals surface area contributed by atoms with E-state index in [2.05, 4.69) is 4.98 Å². The molecule has 94 valence electrons. The highest BCUT2D eigenvalue weighted by Gasteiger charge is 2.17. The van der Waals surface area contributed by atoms with E-state index in [0.717, 1.165) is 25.4 Å². The number of hydrogen-bond acceptors (Lipinski definition) is 4. The topological polar surface area (TPSA) is 51.4 Å². The number of hydrogen-bond donors (Lipinski definition) is 1. The summed E-state index contributed by atoms with van der Waals surface area (Å²) >= 11 is 6.12. The van der Waals surface area contributed by atoms with Gasteiger partial charge < -0.3 is 15.4 Å². The van der Waals surface area contributed by atoms with Crippen LogP contribution in [0.1, 0.15) is 19.3 Å². The van der Waals surface area contributed by atoms with Gasteiger partial charge in [0.05, 0.1) is 23.0 Å². The summed E-state index contributed by atoms with van der Waals surface area (Å²) in [5.41, 5.74) is 6.21. The Morgan fingerprint density at radius 2 is 2.41 bits per heavy atom. The fourth-order valence-electron chi connectivity index (χ4n) is 2.07. The first-order valence-electron chi connectivity index (χ1n) is 5.90. The molecule has 2 rings (SSSR count). The first-order chi connectivity index (χ1) is 8.16. The van der Waals surface area contributed by atoms with E-state index < -0.39 is 0 Å². The lowest BCUT2D eigenvalue weighted by Crippen LogP contribution is -2.33. The Morgan fingerprint density at radius 1 is 1.59 bits per heavy atom. The Bertz CT molecular complexity index is 380. The molecule has 1 aliphatic heterocycles. The van der Waals surface area contributed by atoms with Gasteiger partial charge in [0, 0.05) is 20.2 Å². The first kappa shape index (κ1) is 12.5. The Kier molecular flexibility index (Phi) is 4.07. The van der Waals surface area contributed by atoms with E-state index in [1.807, 2.05) is 11.9 Å². The van der Waals surface area contributed by atoms with Crippen LogP contribution in [0.3, 0.4) is 0 Å². The molecule has 1 atom stereocenters. The number of nitrogens with two attached hydrogens (primary N) is 1. The Balaban J connectivity index is 2.00. The van der Waals surface area contributed by atoms with Crippen LogP contribution in [-0.2, 0) is 4.74 Å². The van der Waals surface area contributed by atoms with E-state index in [4.69, 9.17) is 22.1 Å². The van der Waals surface area contributed by atoms with E-state index in [1.54, 1.807) is 12.3 Å². The number of anilines is 2. The number of aromatic nitrogens is 1. The Labute approximate surface area is 107 Å². The summed E-state index contributed by atoms with van der Waals surface area (Å²) in [6, 6.07) is 1.72. The predicted octanol–water partition coefficient (Wildman–Crippen LogP) is 2.32. The lowest BCUT2D eigenvalue weighted by molar-refractivity contribution is 0.0215. The number of pyridine rings is 1. The van der Waals surface area contributed by atoms with Crippen molar-refractivity contribution in [2.45, 2.75) is 25.4 Å². The van der Waals surface area contributed by atoms with Crippen LogP contribution < -0.4 is 10.6 Å². The molecule has 5 heteroatoms. The summed E-state index contributed by atoms with van der Waals surface area (Å²) in [5, 5.41) is 0.586. The van der Waals surface area contributed by atoms with Crippen LogP contribution in [0.15, 0.2) is 12.3 Å². The van der Waals surface area contributed by atoms with Gasteiger partial charge in [0.2, 0.25) is 0 Å². The summed E-state index contributed by atoms with van der Waals surface area (Å²) in [4.78, 5) is 6.28. The SMILES string of the molecule is CN(CC1CCCCO1)c1ncc(N)cc1Cl. The van der Waals surface area contributed by atoms with E-state index in [-0.39, 0.29) is 6.10 Å². The number of halogens is 1. The van der Waals surface area contributed by atoms with Gasteiger partial charge in [-0.1, -0.05) is 11.6 Å². The normalized spacial score (nSPS) is 20.2. The van der Waals surface area contributed by atoms with Crippen LogP contribution >= 0.6 is 11.6 Å². The smallest absolute Gasteiger partial charge is 0.147 e. The number of likely N-dealkylation sites (N-methyl/N-ethyl adjacent to an activating group) is 1. The minimum atomic E-state index is 0.282. The number of nitrogens with zero attached hydrogens (tertiary/aromatic N) is 2. The lowest BCUT2D eigenvalue weighted by atomic mass is 10.1. The molecule has 1 aliphatic rings. The summed E-state index contributed by atoms with van der Waals surface area (Å²) in [6.45, 7) is 1.68. The molecular weight excluding hydrogens is 238 g/mol. The van der Waals surface area contributed by atoms with Gasteiger partial charge >= 0.3 is 0 Å². The lowest BCUT2D eigenvalue weighted by Gasteiger charge is -2.28. The maximum Gasteiger partial charge on any atom is 0.147 e. The van der Waals surface area contributed by atoms with Crippen molar-refractivity contribution >= 4 is 23.1 Å². The maximum atomic E-state index is 6.12. The summed E-state index contributed by atoms with van der Waals surface area (Å²) in [5.74, 6) is 0.759. The minimum Gasteiger partial charge on any atom is -0.397 e. The number of nitrogen functional groups attached to an aromatic ring is 1. The van der Waals surface area contributed by atoms with E-state index >= 15 is 0 Å². The zero-order valence-electron chi connectivity index (χ0n) is 10.0. The third-order valence-corrected chi connectivity index (χ3v) is 3.23. The maximum absolute atomic E-state index is 6.12. The third kappa shape index (κ3) is 3.23. The van der Waals surface area contributed by atoms with E-state index in [0.29, 0.717) is 10.7 Å². The minimum absolute atomic E-state index is 0.282. The van der Waals surface area contributed by atoms with Gasteiger partial charge in [-0.05, 0) is 25.3 Å². The van der Waals surface area contributed by atoms with Crippen LogP contribution in [-0.4, -0.2) is 31.3 Å². The molecule has 0 aromatic carbocycles. The van der Waals surface area contributed by atoms with Gasteiger partial charge in [0.1, 0.15) is 5.82 Å².